The molecule has 0 bridgehead atoms. The Balaban J connectivity index is 1.96. The maximum absolute atomic E-state index is 5.94. The van der Waals surface area contributed by atoms with Crippen molar-refractivity contribution in [3.63, 3.8) is 0 Å². The van der Waals surface area contributed by atoms with Gasteiger partial charge in [-0.05, 0) is 26.3 Å². The van der Waals surface area contributed by atoms with Crippen LogP contribution >= 0.6 is 0 Å². The molecule has 1 aliphatic heterocycles. The van der Waals surface area contributed by atoms with E-state index in [9.17, 15) is 0 Å². The highest BCUT2D eigenvalue weighted by Crippen LogP contribution is 2.21. The molecule has 0 spiro atoms. The number of aryl methyl sites for hydroxylation is 1. The van der Waals surface area contributed by atoms with E-state index in [1.807, 2.05) is 10.9 Å². The third-order valence-corrected chi connectivity index (χ3v) is 3.76. The lowest BCUT2D eigenvalue weighted by atomic mass is 10.1. The summed E-state index contributed by atoms with van der Waals surface area (Å²) in [5.74, 6) is 0. The number of nitrogens with zero attached hydrogens (tertiary/aromatic N) is 3. The third-order valence-electron chi connectivity index (χ3n) is 3.76. The second kappa shape index (κ2) is 7.03. The van der Waals surface area contributed by atoms with E-state index in [0.717, 1.165) is 32.5 Å². The molecular weight excluding hydrogens is 240 g/mol. The summed E-state index contributed by atoms with van der Waals surface area (Å²) in [5.41, 5.74) is 7.15. The Morgan fingerprint density at radius 1 is 1.63 bits per heavy atom. The Labute approximate surface area is 115 Å². The molecule has 2 rings (SSSR count). The van der Waals surface area contributed by atoms with Crippen LogP contribution in [0.5, 0.6) is 0 Å². The van der Waals surface area contributed by atoms with Crippen molar-refractivity contribution in [2.45, 2.75) is 44.9 Å². The molecule has 2 unspecified atom stereocenters. The first kappa shape index (κ1) is 14.5. The van der Waals surface area contributed by atoms with Gasteiger partial charge in [-0.25, -0.2) is 0 Å². The van der Waals surface area contributed by atoms with E-state index < -0.39 is 0 Å². The molecule has 5 nitrogen and oxygen atoms in total. The highest BCUT2D eigenvalue weighted by molar-refractivity contribution is 5.11. The summed E-state index contributed by atoms with van der Waals surface area (Å²) in [6.45, 7) is 5.58. The zero-order chi connectivity index (χ0) is 13.7. The SMILES string of the molecule is CCCn1cc(C(CN)N(C)CC2CCCO2)cn1. The molecule has 1 saturated heterocycles. The quantitative estimate of drug-likeness (QED) is 0.810. The van der Waals surface area contributed by atoms with Crippen molar-refractivity contribution in [3.8, 4) is 0 Å². The Kier molecular flexibility index (Phi) is 5.36. The summed E-state index contributed by atoms with van der Waals surface area (Å²) >= 11 is 0. The Hall–Kier alpha value is -0.910. The Bertz CT molecular complexity index is 373. The Morgan fingerprint density at radius 2 is 2.47 bits per heavy atom. The van der Waals surface area contributed by atoms with Gasteiger partial charge < -0.3 is 10.5 Å². The fourth-order valence-electron chi connectivity index (χ4n) is 2.71. The molecule has 0 amide bonds. The normalized spacial score (nSPS) is 21.2. The lowest BCUT2D eigenvalue weighted by molar-refractivity contribution is 0.0689. The summed E-state index contributed by atoms with van der Waals surface area (Å²) in [7, 11) is 2.12. The molecule has 2 N–H and O–H groups in total. The zero-order valence-corrected chi connectivity index (χ0v) is 12.1. The van der Waals surface area contributed by atoms with E-state index in [0.29, 0.717) is 12.6 Å². The maximum Gasteiger partial charge on any atom is 0.0702 e. The predicted molar refractivity (Wildman–Crippen MR) is 75.9 cm³/mol. The van der Waals surface area contributed by atoms with Crippen LogP contribution in [0.25, 0.3) is 0 Å². The average molecular weight is 266 g/mol. The van der Waals surface area contributed by atoms with Crippen LogP contribution in [0.15, 0.2) is 12.4 Å². The van der Waals surface area contributed by atoms with Crippen LogP contribution in [-0.2, 0) is 11.3 Å². The van der Waals surface area contributed by atoms with Crippen LogP contribution in [0.1, 0.15) is 37.8 Å². The number of nitrogens with two attached hydrogens (primary N) is 1. The molecule has 0 saturated carbocycles. The van der Waals surface area contributed by atoms with Gasteiger partial charge in [0, 0.05) is 44.0 Å². The molecule has 1 aromatic heterocycles. The smallest absolute Gasteiger partial charge is 0.0702 e. The topological polar surface area (TPSA) is 56.3 Å². The predicted octanol–water partition coefficient (Wildman–Crippen LogP) is 1.40. The molecule has 2 heterocycles. The number of likely N-dealkylation sites (N-methyl/N-ethyl adjacent to an activating group) is 1. The molecule has 0 aliphatic carbocycles. The largest absolute Gasteiger partial charge is 0.377 e. The molecule has 1 aromatic rings. The summed E-state index contributed by atoms with van der Waals surface area (Å²) in [6.07, 6.45) is 7.87. The van der Waals surface area contributed by atoms with E-state index in [1.165, 1.54) is 12.0 Å². The minimum atomic E-state index is 0.231. The van der Waals surface area contributed by atoms with Crippen LogP contribution in [0, 0.1) is 0 Å². The number of hydrogen-bond acceptors (Lipinski definition) is 4. The summed E-state index contributed by atoms with van der Waals surface area (Å²) in [6, 6.07) is 0.231. The lowest BCUT2D eigenvalue weighted by Crippen LogP contribution is -2.35. The average Bonchev–Trinajstić information content (AvgIpc) is 3.03. The number of aromatic nitrogens is 2. The van der Waals surface area contributed by atoms with Gasteiger partial charge in [0.15, 0.2) is 0 Å². The fraction of sp³-hybridized carbons (Fsp3) is 0.786. The van der Waals surface area contributed by atoms with Crippen molar-refractivity contribution >= 4 is 0 Å². The van der Waals surface area contributed by atoms with Crippen molar-refractivity contribution in [3.05, 3.63) is 18.0 Å². The molecule has 0 aromatic carbocycles. The number of hydrogen-bond donors (Lipinski definition) is 1. The van der Waals surface area contributed by atoms with E-state index in [1.54, 1.807) is 0 Å². The zero-order valence-electron chi connectivity index (χ0n) is 12.1. The van der Waals surface area contributed by atoms with Gasteiger partial charge >= 0.3 is 0 Å². The molecule has 108 valence electrons. The van der Waals surface area contributed by atoms with Crippen LogP contribution in [0.4, 0.5) is 0 Å². The molecule has 1 fully saturated rings. The lowest BCUT2D eigenvalue weighted by Gasteiger charge is -2.28. The molecule has 19 heavy (non-hydrogen) atoms. The first-order chi connectivity index (χ1) is 9.24. The number of rotatable bonds is 7. The van der Waals surface area contributed by atoms with Gasteiger partial charge in [0.1, 0.15) is 0 Å². The van der Waals surface area contributed by atoms with Gasteiger partial charge in [-0.2, -0.15) is 5.10 Å². The van der Waals surface area contributed by atoms with E-state index >= 15 is 0 Å². The maximum atomic E-state index is 5.94. The highest BCUT2D eigenvalue weighted by Gasteiger charge is 2.23. The monoisotopic (exact) mass is 266 g/mol. The van der Waals surface area contributed by atoms with Crippen molar-refractivity contribution in [1.29, 1.82) is 0 Å². The van der Waals surface area contributed by atoms with Gasteiger partial charge in [0.05, 0.1) is 12.3 Å². The second-order valence-corrected chi connectivity index (χ2v) is 5.36. The summed E-state index contributed by atoms with van der Waals surface area (Å²) in [5, 5.41) is 4.39. The van der Waals surface area contributed by atoms with Crippen LogP contribution in [-0.4, -0.2) is 47.5 Å². The Morgan fingerprint density at radius 3 is 3.11 bits per heavy atom. The van der Waals surface area contributed by atoms with Crippen molar-refractivity contribution < 1.29 is 4.74 Å². The molecule has 5 heteroatoms. The molecular formula is C14H26N4O. The highest BCUT2D eigenvalue weighted by atomic mass is 16.5. The van der Waals surface area contributed by atoms with Crippen molar-refractivity contribution in [1.82, 2.24) is 14.7 Å². The number of ether oxygens (including phenoxy) is 1. The van der Waals surface area contributed by atoms with Crippen LogP contribution in [0.2, 0.25) is 0 Å². The minimum Gasteiger partial charge on any atom is -0.377 e. The van der Waals surface area contributed by atoms with Gasteiger partial charge in [-0.1, -0.05) is 6.92 Å². The third kappa shape index (κ3) is 3.78. The van der Waals surface area contributed by atoms with E-state index in [-0.39, 0.29) is 6.04 Å². The minimum absolute atomic E-state index is 0.231. The molecule has 0 radical (unpaired) electrons. The van der Waals surface area contributed by atoms with Crippen LogP contribution in [0.3, 0.4) is 0 Å². The van der Waals surface area contributed by atoms with E-state index in [4.69, 9.17) is 10.5 Å². The van der Waals surface area contributed by atoms with Crippen molar-refractivity contribution in [2.24, 2.45) is 5.73 Å². The van der Waals surface area contributed by atoms with Gasteiger partial charge in [-0.3, -0.25) is 9.58 Å². The van der Waals surface area contributed by atoms with Gasteiger partial charge in [0.25, 0.3) is 0 Å². The van der Waals surface area contributed by atoms with Crippen LogP contribution < -0.4 is 5.73 Å². The standard InChI is InChI=1S/C14H26N4O/c1-3-6-18-10-12(9-16-18)14(8-15)17(2)11-13-5-4-7-19-13/h9-10,13-14H,3-8,11,15H2,1-2H3. The first-order valence-electron chi connectivity index (χ1n) is 7.28. The first-order valence-corrected chi connectivity index (χ1v) is 7.28. The van der Waals surface area contributed by atoms with E-state index in [2.05, 4.69) is 30.2 Å². The summed E-state index contributed by atoms with van der Waals surface area (Å²) < 4.78 is 7.69. The molecule has 1 aliphatic rings. The second-order valence-electron chi connectivity index (χ2n) is 5.36. The van der Waals surface area contributed by atoms with Gasteiger partial charge in [0.2, 0.25) is 0 Å². The summed E-state index contributed by atoms with van der Waals surface area (Å²) in [4.78, 5) is 2.29. The fourth-order valence-corrected chi connectivity index (χ4v) is 2.71. The van der Waals surface area contributed by atoms with Gasteiger partial charge in [-0.15, -0.1) is 0 Å². The van der Waals surface area contributed by atoms with Crippen molar-refractivity contribution in [2.75, 3.05) is 26.7 Å². The molecule has 2 atom stereocenters.